The molecule has 0 bridgehead atoms. The van der Waals surface area contributed by atoms with E-state index in [1.165, 1.54) is 13.2 Å². The van der Waals surface area contributed by atoms with E-state index in [0.717, 1.165) is 30.5 Å². The topological polar surface area (TPSA) is 101 Å². The Bertz CT molecular complexity index is 1510. The van der Waals surface area contributed by atoms with E-state index in [1.54, 1.807) is 18.3 Å². The summed E-state index contributed by atoms with van der Waals surface area (Å²) in [5, 5.41) is 6.36. The Morgan fingerprint density at radius 1 is 1.17 bits per heavy atom. The first kappa shape index (κ1) is 20.3. The van der Waals surface area contributed by atoms with Crippen molar-refractivity contribution in [3.8, 4) is 22.9 Å². The van der Waals surface area contributed by atoms with Crippen molar-refractivity contribution in [3.63, 3.8) is 0 Å². The number of nitrogens with zero attached hydrogens (tertiary/aromatic N) is 2. The van der Waals surface area contributed by atoms with Crippen LogP contribution in [0, 0.1) is 5.82 Å². The number of methoxy groups -OCH3 is 1. The molecule has 4 heterocycles. The van der Waals surface area contributed by atoms with Crippen LogP contribution < -0.4 is 20.1 Å². The van der Waals surface area contributed by atoms with Crippen LogP contribution in [0.3, 0.4) is 0 Å². The molecule has 3 aromatic heterocycles. The Morgan fingerprint density at radius 3 is 2.89 bits per heavy atom. The van der Waals surface area contributed by atoms with Crippen molar-refractivity contribution in [1.29, 1.82) is 0 Å². The van der Waals surface area contributed by atoms with E-state index in [-0.39, 0.29) is 29.7 Å². The van der Waals surface area contributed by atoms with E-state index in [4.69, 9.17) is 14.5 Å². The average molecular weight is 471 g/mol. The van der Waals surface area contributed by atoms with Crippen LogP contribution in [0.4, 0.5) is 15.8 Å². The number of para-hydroxylation sites is 1. The smallest absolute Gasteiger partial charge is 0.255 e. The highest BCUT2D eigenvalue weighted by Gasteiger charge is 2.48. The maximum Gasteiger partial charge on any atom is 0.255 e. The number of carbonyl (C=O) groups excluding carboxylic acids is 1. The van der Waals surface area contributed by atoms with E-state index >= 15 is 0 Å². The van der Waals surface area contributed by atoms with Crippen molar-refractivity contribution in [3.05, 3.63) is 59.7 Å². The lowest BCUT2D eigenvalue weighted by atomic mass is 10.0. The summed E-state index contributed by atoms with van der Waals surface area (Å²) >= 11 is 0. The fourth-order valence-corrected chi connectivity index (χ4v) is 4.86. The van der Waals surface area contributed by atoms with Crippen LogP contribution in [0.25, 0.3) is 22.3 Å². The zero-order valence-electron chi connectivity index (χ0n) is 18.9. The number of aromatic nitrogens is 3. The van der Waals surface area contributed by atoms with Gasteiger partial charge >= 0.3 is 0 Å². The Balaban J connectivity index is 1.43. The number of pyridine rings is 2. The predicted octanol–water partition coefficient (Wildman–Crippen LogP) is 4.66. The predicted molar refractivity (Wildman–Crippen MR) is 128 cm³/mol. The van der Waals surface area contributed by atoms with Gasteiger partial charge in [-0.05, 0) is 43.5 Å². The first-order valence-corrected chi connectivity index (χ1v) is 11.7. The Morgan fingerprint density at radius 2 is 2.06 bits per heavy atom. The standard InChI is InChI=1S/C26H22FN5O3/c1-34-25-15(27)3-2-4-17(25)29-24-20-22(14-11-18(14)30-26(20)33)32-23(24)13-9-10-28-16-7-8-19(31-21(13)16)35-12-5-6-12/h2-4,7-10,12,14,18,29,32H,5-6,11H2,1H3,(H,30,33)/t14-,18+/m0/s1. The maximum atomic E-state index is 14.5. The number of aromatic amines is 1. The van der Waals surface area contributed by atoms with Crippen molar-refractivity contribution >= 4 is 28.3 Å². The van der Waals surface area contributed by atoms with E-state index in [0.29, 0.717) is 39.5 Å². The molecule has 0 radical (unpaired) electrons. The third-order valence-electron chi connectivity index (χ3n) is 6.80. The van der Waals surface area contributed by atoms with Gasteiger partial charge in [0.15, 0.2) is 11.6 Å². The van der Waals surface area contributed by atoms with Gasteiger partial charge in [-0.1, -0.05) is 6.07 Å². The molecule has 9 heteroatoms. The van der Waals surface area contributed by atoms with Gasteiger partial charge in [0.25, 0.3) is 5.91 Å². The van der Waals surface area contributed by atoms with Crippen LogP contribution in [-0.2, 0) is 0 Å². The lowest BCUT2D eigenvalue weighted by Gasteiger charge is -2.16. The average Bonchev–Trinajstić information content (AvgIpc) is 3.78. The number of hydrogen-bond donors (Lipinski definition) is 3. The molecule has 2 fully saturated rings. The normalized spacial score (nSPS) is 20.1. The number of nitrogens with one attached hydrogen (secondary N) is 3. The first-order chi connectivity index (χ1) is 17.1. The molecular weight excluding hydrogens is 449 g/mol. The summed E-state index contributed by atoms with van der Waals surface area (Å²) in [7, 11) is 1.42. The molecule has 0 unspecified atom stereocenters. The second-order valence-electron chi connectivity index (χ2n) is 9.22. The van der Waals surface area contributed by atoms with Gasteiger partial charge in [-0.15, -0.1) is 0 Å². The SMILES string of the molecule is COc1c(F)cccc1Nc1c(-c2ccnc3ccc(OC4CC4)nc23)[nH]c2c1C(=O)N[C@@H]1C[C@H]21. The molecule has 2 aliphatic carbocycles. The molecule has 2 saturated carbocycles. The van der Waals surface area contributed by atoms with E-state index < -0.39 is 5.82 Å². The third kappa shape index (κ3) is 3.30. The van der Waals surface area contributed by atoms with E-state index in [9.17, 15) is 9.18 Å². The van der Waals surface area contributed by atoms with Crippen LogP contribution in [0.15, 0.2) is 42.6 Å². The van der Waals surface area contributed by atoms with Crippen LogP contribution >= 0.6 is 0 Å². The molecule has 176 valence electrons. The van der Waals surface area contributed by atoms with Crippen molar-refractivity contribution in [2.24, 2.45) is 0 Å². The number of hydrogen-bond acceptors (Lipinski definition) is 6. The summed E-state index contributed by atoms with van der Waals surface area (Å²) in [6.45, 7) is 0. The zero-order valence-corrected chi connectivity index (χ0v) is 18.9. The number of benzene rings is 1. The first-order valence-electron chi connectivity index (χ1n) is 11.7. The largest absolute Gasteiger partial charge is 0.492 e. The van der Waals surface area contributed by atoms with Gasteiger partial charge in [0.1, 0.15) is 11.6 Å². The number of carbonyl (C=O) groups is 1. The molecule has 8 nitrogen and oxygen atoms in total. The zero-order chi connectivity index (χ0) is 23.7. The molecular formula is C26H22FN5O3. The van der Waals surface area contributed by atoms with Gasteiger partial charge in [0.2, 0.25) is 5.88 Å². The van der Waals surface area contributed by atoms with Gasteiger partial charge in [-0.25, -0.2) is 9.37 Å². The highest BCUT2D eigenvalue weighted by Crippen LogP contribution is 2.50. The highest BCUT2D eigenvalue weighted by molar-refractivity contribution is 6.09. The summed E-state index contributed by atoms with van der Waals surface area (Å²) in [6, 6.07) is 10.4. The molecule has 35 heavy (non-hydrogen) atoms. The van der Waals surface area contributed by atoms with Crippen molar-refractivity contribution in [2.45, 2.75) is 37.3 Å². The molecule has 7 rings (SSSR count). The summed E-state index contributed by atoms with van der Waals surface area (Å²) < 4.78 is 25.7. The number of anilines is 2. The van der Waals surface area contributed by atoms with Crippen molar-refractivity contribution < 1.29 is 18.7 Å². The summed E-state index contributed by atoms with van der Waals surface area (Å²) in [5.74, 6) is 0.191. The van der Waals surface area contributed by atoms with Crippen molar-refractivity contribution in [1.82, 2.24) is 20.3 Å². The lowest BCUT2D eigenvalue weighted by molar-refractivity contribution is 0.0944. The van der Waals surface area contributed by atoms with Gasteiger partial charge in [0.05, 0.1) is 35.3 Å². The van der Waals surface area contributed by atoms with Crippen LogP contribution in [-0.4, -0.2) is 40.1 Å². The van der Waals surface area contributed by atoms with Crippen LogP contribution in [0.2, 0.25) is 0 Å². The third-order valence-corrected chi connectivity index (χ3v) is 6.80. The minimum atomic E-state index is -0.493. The molecule has 3 N–H and O–H groups in total. The molecule has 0 saturated heterocycles. The summed E-state index contributed by atoms with van der Waals surface area (Å²) in [6.07, 6.45) is 4.88. The van der Waals surface area contributed by atoms with Crippen molar-refractivity contribution in [2.75, 3.05) is 12.4 Å². The molecule has 1 aliphatic heterocycles. The Hall–Kier alpha value is -4.14. The van der Waals surface area contributed by atoms with Crippen LogP contribution in [0.1, 0.15) is 41.2 Å². The number of amides is 1. The lowest BCUT2D eigenvalue weighted by Crippen LogP contribution is -2.31. The molecule has 2 atom stereocenters. The number of ether oxygens (including phenoxy) is 2. The fourth-order valence-electron chi connectivity index (χ4n) is 4.86. The van der Waals surface area contributed by atoms with Gasteiger partial charge in [-0.3, -0.25) is 9.78 Å². The number of fused-ring (bicyclic) bond motifs is 4. The Kier molecular flexibility index (Phi) is 4.30. The molecule has 1 amide bonds. The molecule has 3 aliphatic rings. The molecule has 0 spiro atoms. The maximum absolute atomic E-state index is 14.5. The number of halogens is 1. The summed E-state index contributed by atoms with van der Waals surface area (Å²) in [5.41, 5.74) is 5.20. The second kappa shape index (κ2) is 7.43. The monoisotopic (exact) mass is 471 g/mol. The van der Waals surface area contributed by atoms with E-state index in [1.807, 2.05) is 18.2 Å². The highest BCUT2D eigenvalue weighted by atomic mass is 19.1. The quantitative estimate of drug-likeness (QED) is 0.378. The van der Waals surface area contributed by atoms with Crippen LogP contribution in [0.5, 0.6) is 11.6 Å². The minimum absolute atomic E-state index is 0.0757. The molecule has 1 aromatic carbocycles. The van der Waals surface area contributed by atoms with E-state index in [2.05, 4.69) is 20.6 Å². The molecule has 4 aromatic rings. The van der Waals surface area contributed by atoms with Gasteiger partial charge in [0, 0.05) is 35.5 Å². The second-order valence-corrected chi connectivity index (χ2v) is 9.22. The van der Waals surface area contributed by atoms with Gasteiger partial charge in [-0.2, -0.15) is 0 Å². The number of rotatable bonds is 6. The minimum Gasteiger partial charge on any atom is -0.492 e. The fraction of sp³-hybridized carbons (Fsp3) is 0.269. The number of H-pyrrole nitrogens is 1. The summed E-state index contributed by atoms with van der Waals surface area (Å²) in [4.78, 5) is 25.9. The van der Waals surface area contributed by atoms with Gasteiger partial charge < -0.3 is 25.1 Å². The Labute approximate surface area is 199 Å².